The van der Waals surface area contributed by atoms with Gasteiger partial charge < -0.3 is 4.74 Å². The van der Waals surface area contributed by atoms with Crippen molar-refractivity contribution in [1.82, 2.24) is 4.98 Å². The van der Waals surface area contributed by atoms with E-state index in [1.165, 1.54) is 19.9 Å². The number of fused-ring (bicyclic) bond motifs is 1. The van der Waals surface area contributed by atoms with Crippen LogP contribution in [0.5, 0.6) is 5.75 Å². The van der Waals surface area contributed by atoms with Crippen LogP contribution in [0, 0.1) is 5.82 Å². The zero-order valence-electron chi connectivity index (χ0n) is 15.3. The molecule has 7 nitrogen and oxygen atoms in total. The second-order valence-electron chi connectivity index (χ2n) is 6.83. The van der Waals surface area contributed by atoms with Gasteiger partial charge in [0.05, 0.1) is 17.5 Å². The van der Waals surface area contributed by atoms with Crippen molar-refractivity contribution in [2.45, 2.75) is 25.6 Å². The van der Waals surface area contributed by atoms with Crippen molar-refractivity contribution in [3.05, 3.63) is 41.8 Å². The summed E-state index contributed by atoms with van der Waals surface area (Å²) in [4.78, 5) is 17.3. The van der Waals surface area contributed by atoms with Crippen LogP contribution in [0.4, 0.5) is 34.8 Å². The first kappa shape index (κ1) is 20.8. The predicted octanol–water partition coefficient (Wildman–Crippen LogP) is 3.45. The maximum Gasteiger partial charge on any atom is 0.417 e. The molecule has 12 heteroatoms. The molecular formula is C17H15F4N3O4S. The molecule has 0 saturated carbocycles. The van der Waals surface area contributed by atoms with E-state index in [-0.39, 0.29) is 22.9 Å². The van der Waals surface area contributed by atoms with E-state index in [0.717, 1.165) is 29.4 Å². The van der Waals surface area contributed by atoms with Gasteiger partial charge in [0.25, 0.3) is 5.91 Å². The van der Waals surface area contributed by atoms with E-state index in [4.69, 9.17) is 4.74 Å². The Hall–Kier alpha value is -2.89. The Bertz CT molecular complexity index is 1080. The van der Waals surface area contributed by atoms with Gasteiger partial charge in [-0.3, -0.25) is 14.4 Å². The molecule has 1 aromatic carbocycles. The average Bonchev–Trinajstić information content (AvgIpc) is 2.54. The number of hydrogen-bond acceptors (Lipinski definition) is 5. The third-order valence-electron chi connectivity index (χ3n) is 3.94. The van der Waals surface area contributed by atoms with Crippen LogP contribution in [-0.4, -0.2) is 31.2 Å². The van der Waals surface area contributed by atoms with E-state index >= 15 is 0 Å². The highest BCUT2D eigenvalue weighted by Crippen LogP contribution is 2.45. The van der Waals surface area contributed by atoms with Crippen molar-refractivity contribution in [3.8, 4) is 5.75 Å². The minimum atomic E-state index is -4.63. The minimum Gasteiger partial charge on any atom is -0.476 e. The molecule has 0 atom stereocenters. The van der Waals surface area contributed by atoms with Crippen molar-refractivity contribution in [2.75, 3.05) is 15.9 Å². The number of hydrogen-bond donors (Lipinski definition) is 1. The third-order valence-corrected chi connectivity index (χ3v) is 4.55. The normalized spacial score (nSPS) is 16.2. The number of rotatable bonds is 3. The first-order valence-electron chi connectivity index (χ1n) is 8.07. The fraction of sp³-hybridized carbons (Fsp3) is 0.294. The Morgan fingerprint density at radius 3 is 2.38 bits per heavy atom. The molecule has 29 heavy (non-hydrogen) atoms. The number of ether oxygens (including phenoxy) is 1. The van der Waals surface area contributed by atoms with E-state index in [1.807, 2.05) is 0 Å². The highest BCUT2D eigenvalue weighted by molar-refractivity contribution is 7.92. The molecule has 0 fully saturated rings. The van der Waals surface area contributed by atoms with Crippen LogP contribution in [0.15, 0.2) is 30.5 Å². The molecule has 0 aliphatic carbocycles. The highest BCUT2D eigenvalue weighted by atomic mass is 32.2. The van der Waals surface area contributed by atoms with Gasteiger partial charge in [-0.15, -0.1) is 0 Å². The summed E-state index contributed by atoms with van der Waals surface area (Å²) in [6, 6.07) is 3.65. The standard InChI is InChI=1S/C17H15F4N3O4S/c1-16(2)15(25)24(13-5-4-9(8-22-13)17(19,20)21)14-11(18)6-10(7-12(14)28-16)23-29(3,26)27/h4-8,23H,1-3H3. The number of nitrogens with one attached hydrogen (secondary N) is 1. The smallest absolute Gasteiger partial charge is 0.417 e. The molecule has 3 rings (SSSR count). The number of aromatic nitrogens is 1. The molecule has 1 aromatic heterocycles. The number of amides is 1. The molecule has 0 spiro atoms. The number of alkyl halides is 3. The van der Waals surface area contributed by atoms with Gasteiger partial charge in [0, 0.05) is 18.3 Å². The van der Waals surface area contributed by atoms with Gasteiger partial charge in [0.1, 0.15) is 17.3 Å². The molecule has 1 aliphatic heterocycles. The predicted molar refractivity (Wildman–Crippen MR) is 96.0 cm³/mol. The summed E-state index contributed by atoms with van der Waals surface area (Å²) in [6.07, 6.45) is -3.23. The lowest BCUT2D eigenvalue weighted by Gasteiger charge is -2.38. The van der Waals surface area contributed by atoms with Gasteiger partial charge in [0.2, 0.25) is 10.0 Å². The Balaban J connectivity index is 2.15. The van der Waals surface area contributed by atoms with Crippen LogP contribution < -0.4 is 14.4 Å². The summed E-state index contributed by atoms with van der Waals surface area (Å²) in [5.74, 6) is -2.22. The number of carbonyl (C=O) groups is 1. The van der Waals surface area contributed by atoms with E-state index in [2.05, 4.69) is 9.71 Å². The number of benzene rings is 1. The lowest BCUT2D eigenvalue weighted by atomic mass is 10.0. The summed E-state index contributed by atoms with van der Waals surface area (Å²) >= 11 is 0. The van der Waals surface area contributed by atoms with Crippen molar-refractivity contribution in [2.24, 2.45) is 0 Å². The molecule has 2 aromatic rings. The van der Waals surface area contributed by atoms with Gasteiger partial charge in [0.15, 0.2) is 11.4 Å². The molecule has 1 aliphatic rings. The number of carbonyl (C=O) groups excluding carboxylic acids is 1. The van der Waals surface area contributed by atoms with E-state index < -0.39 is 39.1 Å². The molecular weight excluding hydrogens is 418 g/mol. The average molecular weight is 433 g/mol. The lowest BCUT2D eigenvalue weighted by molar-refractivity contribution is -0.137. The first-order valence-corrected chi connectivity index (χ1v) is 9.96. The number of nitrogens with zero attached hydrogens (tertiary/aromatic N) is 2. The minimum absolute atomic E-state index is 0.144. The van der Waals surface area contributed by atoms with Crippen LogP contribution in [0.25, 0.3) is 0 Å². The monoisotopic (exact) mass is 433 g/mol. The van der Waals surface area contributed by atoms with Gasteiger partial charge in [-0.05, 0) is 26.0 Å². The quantitative estimate of drug-likeness (QED) is 0.750. The second kappa shape index (κ2) is 6.58. The van der Waals surface area contributed by atoms with Crippen molar-refractivity contribution in [1.29, 1.82) is 0 Å². The maximum atomic E-state index is 14.8. The lowest BCUT2D eigenvalue weighted by Crippen LogP contribution is -2.51. The van der Waals surface area contributed by atoms with Crippen LogP contribution in [0.3, 0.4) is 0 Å². The van der Waals surface area contributed by atoms with E-state index in [9.17, 15) is 30.8 Å². The van der Waals surface area contributed by atoms with Gasteiger partial charge >= 0.3 is 6.18 Å². The second-order valence-corrected chi connectivity index (χ2v) is 8.58. The Morgan fingerprint density at radius 2 is 1.86 bits per heavy atom. The SMILES string of the molecule is CC1(C)Oc2cc(NS(C)(=O)=O)cc(F)c2N(c2ccc(C(F)(F)F)cn2)C1=O. The highest BCUT2D eigenvalue weighted by Gasteiger charge is 2.44. The van der Waals surface area contributed by atoms with Crippen LogP contribution in [-0.2, 0) is 21.0 Å². The molecule has 0 saturated heterocycles. The third kappa shape index (κ3) is 4.11. The number of halogens is 4. The van der Waals surface area contributed by atoms with Gasteiger partial charge in [-0.1, -0.05) is 0 Å². The molecule has 0 bridgehead atoms. The fourth-order valence-electron chi connectivity index (χ4n) is 2.74. The summed E-state index contributed by atoms with van der Waals surface area (Å²) < 4.78 is 83.6. The van der Waals surface area contributed by atoms with Crippen LogP contribution in [0.2, 0.25) is 0 Å². The zero-order valence-corrected chi connectivity index (χ0v) is 16.2. The van der Waals surface area contributed by atoms with E-state index in [1.54, 1.807) is 0 Å². The van der Waals surface area contributed by atoms with Crippen molar-refractivity contribution < 1.29 is 35.5 Å². The van der Waals surface area contributed by atoms with Crippen molar-refractivity contribution >= 4 is 33.1 Å². The molecule has 156 valence electrons. The summed E-state index contributed by atoms with van der Waals surface area (Å²) in [5, 5.41) is 0. The van der Waals surface area contributed by atoms with Crippen LogP contribution >= 0.6 is 0 Å². The Morgan fingerprint density at radius 1 is 1.21 bits per heavy atom. The number of anilines is 3. The zero-order chi connectivity index (χ0) is 21.8. The first-order chi connectivity index (χ1) is 13.2. The molecule has 1 amide bonds. The Labute approximate surface area is 163 Å². The molecule has 1 N–H and O–H groups in total. The Kier molecular flexibility index (Phi) is 4.72. The number of sulfonamides is 1. The summed E-state index contributed by atoms with van der Waals surface area (Å²) in [6.45, 7) is 2.76. The topological polar surface area (TPSA) is 88.6 Å². The fourth-order valence-corrected chi connectivity index (χ4v) is 3.28. The molecule has 2 heterocycles. The maximum absolute atomic E-state index is 14.8. The van der Waals surface area contributed by atoms with Crippen LogP contribution in [0.1, 0.15) is 19.4 Å². The summed E-state index contributed by atoms with van der Waals surface area (Å²) in [5.41, 5.74) is -3.09. The van der Waals surface area contributed by atoms with Crippen molar-refractivity contribution in [3.63, 3.8) is 0 Å². The molecule has 0 radical (unpaired) electrons. The molecule has 0 unspecified atom stereocenters. The van der Waals surface area contributed by atoms with Gasteiger partial charge in [-0.2, -0.15) is 13.2 Å². The number of pyridine rings is 1. The van der Waals surface area contributed by atoms with E-state index in [0.29, 0.717) is 6.20 Å². The largest absolute Gasteiger partial charge is 0.476 e. The van der Waals surface area contributed by atoms with Gasteiger partial charge in [-0.25, -0.2) is 17.8 Å². The summed E-state index contributed by atoms with van der Waals surface area (Å²) in [7, 11) is -3.72.